The van der Waals surface area contributed by atoms with Crippen molar-refractivity contribution in [2.45, 2.75) is 19.5 Å². The maximum atomic E-state index is 3.21. The summed E-state index contributed by atoms with van der Waals surface area (Å²) in [5.74, 6) is 0. The monoisotopic (exact) mass is 252 g/mol. The van der Waals surface area contributed by atoms with Crippen molar-refractivity contribution in [3.63, 3.8) is 0 Å². The molecule has 0 amide bonds. The predicted octanol–water partition coefficient (Wildman–Crippen LogP) is 3.29. The number of fused-ring (bicyclic) bond motifs is 1. The lowest BCUT2D eigenvalue weighted by atomic mass is 9.98. The normalized spacial score (nSPS) is 15.0. The van der Waals surface area contributed by atoms with Crippen LogP contribution in [0.2, 0.25) is 0 Å². The second kappa shape index (κ2) is 5.45. The quantitative estimate of drug-likeness (QED) is 0.901. The molecule has 3 rings (SSSR count). The molecule has 0 unspecified atom stereocenters. The van der Waals surface area contributed by atoms with Crippen LogP contribution in [0.5, 0.6) is 0 Å². The molecule has 1 aliphatic heterocycles. The molecule has 98 valence electrons. The molecule has 1 aliphatic rings. The van der Waals surface area contributed by atoms with E-state index >= 15 is 0 Å². The van der Waals surface area contributed by atoms with E-state index in [1.54, 1.807) is 0 Å². The first-order valence-corrected chi connectivity index (χ1v) is 6.91. The minimum absolute atomic E-state index is 1.05. The van der Waals surface area contributed by atoms with Crippen molar-refractivity contribution >= 4 is 5.69 Å². The fourth-order valence-electron chi connectivity index (χ4n) is 2.74. The minimum atomic E-state index is 1.05. The van der Waals surface area contributed by atoms with Crippen LogP contribution in [0.3, 0.4) is 0 Å². The lowest BCUT2D eigenvalue weighted by Crippen LogP contribution is -2.30. The molecule has 2 aromatic carbocycles. The third kappa shape index (κ3) is 2.79. The number of nitrogens with one attached hydrogen (secondary N) is 1. The zero-order valence-corrected chi connectivity index (χ0v) is 11.4. The maximum Gasteiger partial charge on any atom is 0.0340 e. The fraction of sp³-hybridized carbons (Fsp3) is 0.294. The SMILES string of the molecule is CNc1ccc2c(c1)CCN(Cc1ccccc1)C2. The molecule has 0 fully saturated rings. The van der Waals surface area contributed by atoms with Gasteiger partial charge in [-0.3, -0.25) is 4.90 Å². The second-order valence-electron chi connectivity index (χ2n) is 5.18. The molecule has 0 bridgehead atoms. The Morgan fingerprint density at radius 3 is 2.68 bits per heavy atom. The van der Waals surface area contributed by atoms with E-state index in [4.69, 9.17) is 0 Å². The van der Waals surface area contributed by atoms with Crippen LogP contribution >= 0.6 is 0 Å². The van der Waals surface area contributed by atoms with E-state index in [0.717, 1.165) is 26.1 Å². The highest BCUT2D eigenvalue weighted by Crippen LogP contribution is 2.23. The highest BCUT2D eigenvalue weighted by molar-refractivity contribution is 5.48. The first kappa shape index (κ1) is 12.2. The fourth-order valence-corrected chi connectivity index (χ4v) is 2.74. The first-order valence-electron chi connectivity index (χ1n) is 6.91. The molecule has 1 N–H and O–H groups in total. The maximum absolute atomic E-state index is 3.21. The third-order valence-electron chi connectivity index (χ3n) is 3.84. The Bertz CT molecular complexity index is 548. The number of nitrogens with zero attached hydrogens (tertiary/aromatic N) is 1. The summed E-state index contributed by atoms with van der Waals surface area (Å²) in [7, 11) is 1.98. The van der Waals surface area contributed by atoms with Gasteiger partial charge >= 0.3 is 0 Å². The molecule has 0 aliphatic carbocycles. The topological polar surface area (TPSA) is 15.3 Å². The number of hydrogen-bond acceptors (Lipinski definition) is 2. The van der Waals surface area contributed by atoms with E-state index in [9.17, 15) is 0 Å². The van der Waals surface area contributed by atoms with Gasteiger partial charge in [-0.1, -0.05) is 36.4 Å². The molecule has 2 heteroatoms. The molecule has 0 saturated heterocycles. The summed E-state index contributed by atoms with van der Waals surface area (Å²) >= 11 is 0. The molecular formula is C17H20N2. The summed E-state index contributed by atoms with van der Waals surface area (Å²) in [5.41, 5.74) is 5.59. The number of benzene rings is 2. The molecule has 0 spiro atoms. The van der Waals surface area contributed by atoms with Gasteiger partial charge in [0.25, 0.3) is 0 Å². The predicted molar refractivity (Wildman–Crippen MR) is 80.2 cm³/mol. The van der Waals surface area contributed by atoms with E-state index in [1.807, 2.05) is 7.05 Å². The van der Waals surface area contributed by atoms with Crippen LogP contribution in [0, 0.1) is 0 Å². The average molecular weight is 252 g/mol. The van der Waals surface area contributed by atoms with Gasteiger partial charge < -0.3 is 5.32 Å². The number of rotatable bonds is 3. The van der Waals surface area contributed by atoms with Crippen LogP contribution in [0.25, 0.3) is 0 Å². The van der Waals surface area contributed by atoms with E-state index in [0.29, 0.717) is 0 Å². The molecule has 2 aromatic rings. The van der Waals surface area contributed by atoms with Crippen molar-refractivity contribution in [2.24, 2.45) is 0 Å². The van der Waals surface area contributed by atoms with Gasteiger partial charge in [-0.25, -0.2) is 0 Å². The molecular weight excluding hydrogens is 232 g/mol. The van der Waals surface area contributed by atoms with Crippen molar-refractivity contribution in [2.75, 3.05) is 18.9 Å². The summed E-state index contributed by atoms with van der Waals surface area (Å²) in [6.45, 7) is 3.26. The smallest absolute Gasteiger partial charge is 0.0340 e. The van der Waals surface area contributed by atoms with E-state index in [-0.39, 0.29) is 0 Å². The molecule has 1 heterocycles. The highest BCUT2D eigenvalue weighted by atomic mass is 15.1. The zero-order valence-electron chi connectivity index (χ0n) is 11.4. The van der Waals surface area contributed by atoms with Gasteiger partial charge in [-0.05, 0) is 35.2 Å². The third-order valence-corrected chi connectivity index (χ3v) is 3.84. The summed E-state index contributed by atoms with van der Waals surface area (Å²) in [6, 6.07) is 17.4. The second-order valence-corrected chi connectivity index (χ2v) is 5.18. The van der Waals surface area contributed by atoms with E-state index < -0.39 is 0 Å². The molecule has 2 nitrogen and oxygen atoms in total. The highest BCUT2D eigenvalue weighted by Gasteiger charge is 2.16. The standard InChI is InChI=1S/C17H20N2/c1-18-17-8-7-16-13-19(10-9-15(16)11-17)12-14-5-3-2-4-6-14/h2-8,11,18H,9-10,12-13H2,1H3. The first-order chi connectivity index (χ1) is 9.35. The minimum Gasteiger partial charge on any atom is -0.388 e. The van der Waals surface area contributed by atoms with E-state index in [1.165, 1.54) is 22.4 Å². The number of hydrogen-bond donors (Lipinski definition) is 1. The molecule has 0 saturated carbocycles. The van der Waals surface area contributed by atoms with Crippen LogP contribution in [0.1, 0.15) is 16.7 Å². The Morgan fingerprint density at radius 2 is 1.89 bits per heavy atom. The Labute approximate surface area is 115 Å². The Hall–Kier alpha value is -1.80. The zero-order chi connectivity index (χ0) is 13.1. The Balaban J connectivity index is 1.72. The summed E-state index contributed by atoms with van der Waals surface area (Å²) in [6.07, 6.45) is 1.15. The van der Waals surface area contributed by atoms with E-state index in [2.05, 4.69) is 58.7 Å². The van der Waals surface area contributed by atoms with Gasteiger partial charge in [0.2, 0.25) is 0 Å². The van der Waals surface area contributed by atoms with Crippen molar-refractivity contribution in [3.8, 4) is 0 Å². The average Bonchev–Trinajstić information content (AvgIpc) is 2.48. The van der Waals surface area contributed by atoms with Crippen molar-refractivity contribution < 1.29 is 0 Å². The van der Waals surface area contributed by atoms with Gasteiger partial charge in [-0.2, -0.15) is 0 Å². The Morgan fingerprint density at radius 1 is 1.05 bits per heavy atom. The van der Waals surface area contributed by atoms with Crippen molar-refractivity contribution in [1.82, 2.24) is 4.90 Å². The molecule has 0 aromatic heterocycles. The number of anilines is 1. The molecule has 0 atom stereocenters. The lowest BCUT2D eigenvalue weighted by molar-refractivity contribution is 0.245. The lowest BCUT2D eigenvalue weighted by Gasteiger charge is -2.29. The largest absolute Gasteiger partial charge is 0.388 e. The van der Waals surface area contributed by atoms with Gasteiger partial charge in [-0.15, -0.1) is 0 Å². The van der Waals surface area contributed by atoms with Gasteiger partial charge in [0.05, 0.1) is 0 Å². The van der Waals surface area contributed by atoms with Crippen LogP contribution in [-0.2, 0) is 19.5 Å². The van der Waals surface area contributed by atoms with Crippen LogP contribution in [0.15, 0.2) is 48.5 Å². The van der Waals surface area contributed by atoms with Crippen LogP contribution < -0.4 is 5.32 Å². The van der Waals surface area contributed by atoms with Gasteiger partial charge in [0.1, 0.15) is 0 Å². The van der Waals surface area contributed by atoms with Gasteiger partial charge in [0.15, 0.2) is 0 Å². The van der Waals surface area contributed by atoms with Gasteiger partial charge in [0, 0.05) is 32.4 Å². The Kier molecular flexibility index (Phi) is 3.51. The van der Waals surface area contributed by atoms with Crippen molar-refractivity contribution in [3.05, 3.63) is 65.2 Å². The summed E-state index contributed by atoms with van der Waals surface area (Å²) in [4.78, 5) is 2.52. The van der Waals surface area contributed by atoms with Crippen LogP contribution in [0.4, 0.5) is 5.69 Å². The van der Waals surface area contributed by atoms with Crippen LogP contribution in [-0.4, -0.2) is 18.5 Å². The van der Waals surface area contributed by atoms with Crippen molar-refractivity contribution in [1.29, 1.82) is 0 Å². The molecule has 19 heavy (non-hydrogen) atoms. The summed E-state index contributed by atoms with van der Waals surface area (Å²) < 4.78 is 0. The molecule has 0 radical (unpaired) electrons. The summed E-state index contributed by atoms with van der Waals surface area (Å²) in [5, 5.41) is 3.21.